The van der Waals surface area contributed by atoms with E-state index in [1.807, 2.05) is 38.2 Å². The predicted octanol–water partition coefficient (Wildman–Crippen LogP) is 2.92. The minimum absolute atomic E-state index is 0.119. The van der Waals surface area contributed by atoms with Crippen LogP contribution in [0.5, 0.6) is 5.88 Å². The molecule has 2 aromatic heterocycles. The lowest BCUT2D eigenvalue weighted by atomic mass is 10.2. The lowest BCUT2D eigenvalue weighted by Gasteiger charge is -2.14. The predicted molar refractivity (Wildman–Crippen MR) is 76.4 cm³/mol. The number of anilines is 1. The Labute approximate surface area is 113 Å². The van der Waals surface area contributed by atoms with Crippen molar-refractivity contribution < 1.29 is 4.74 Å². The number of hydrogen-bond acceptors (Lipinski definition) is 4. The number of aromatic nitrogens is 2. The number of rotatable bonds is 6. The minimum atomic E-state index is 0.119. The molecule has 0 saturated carbocycles. The van der Waals surface area contributed by atoms with Gasteiger partial charge < -0.3 is 10.1 Å². The molecule has 0 bridgehead atoms. The molecule has 0 saturated heterocycles. The van der Waals surface area contributed by atoms with E-state index in [-0.39, 0.29) is 6.10 Å². The van der Waals surface area contributed by atoms with E-state index in [1.165, 1.54) is 5.56 Å². The van der Waals surface area contributed by atoms with Gasteiger partial charge >= 0.3 is 0 Å². The first-order chi connectivity index (χ1) is 9.25. The van der Waals surface area contributed by atoms with Gasteiger partial charge in [0, 0.05) is 25.1 Å². The molecule has 100 valence electrons. The van der Waals surface area contributed by atoms with Crippen LogP contribution in [0.15, 0.2) is 42.9 Å². The molecule has 4 nitrogen and oxygen atoms in total. The van der Waals surface area contributed by atoms with Crippen LogP contribution in [-0.4, -0.2) is 22.6 Å². The number of hydrogen-bond donors (Lipinski definition) is 1. The lowest BCUT2D eigenvalue weighted by molar-refractivity contribution is 0.234. The van der Waals surface area contributed by atoms with Gasteiger partial charge in [-0.2, -0.15) is 0 Å². The Bertz CT molecular complexity index is 500. The topological polar surface area (TPSA) is 47.0 Å². The monoisotopic (exact) mass is 257 g/mol. The van der Waals surface area contributed by atoms with Crippen molar-refractivity contribution >= 4 is 5.69 Å². The minimum Gasteiger partial charge on any atom is -0.473 e. The van der Waals surface area contributed by atoms with Crippen molar-refractivity contribution in [3.8, 4) is 5.88 Å². The van der Waals surface area contributed by atoms with Crippen molar-refractivity contribution in [1.29, 1.82) is 0 Å². The molecule has 0 spiro atoms. The van der Waals surface area contributed by atoms with E-state index in [0.29, 0.717) is 5.88 Å². The highest BCUT2D eigenvalue weighted by Gasteiger charge is 2.05. The molecule has 19 heavy (non-hydrogen) atoms. The summed E-state index contributed by atoms with van der Waals surface area (Å²) >= 11 is 0. The Morgan fingerprint density at radius 2 is 2.05 bits per heavy atom. The maximum absolute atomic E-state index is 5.66. The first kappa shape index (κ1) is 13.3. The van der Waals surface area contributed by atoms with E-state index >= 15 is 0 Å². The van der Waals surface area contributed by atoms with Crippen LogP contribution >= 0.6 is 0 Å². The summed E-state index contributed by atoms with van der Waals surface area (Å²) in [5, 5.41) is 3.35. The summed E-state index contributed by atoms with van der Waals surface area (Å²) in [5.41, 5.74) is 2.14. The van der Waals surface area contributed by atoms with Gasteiger partial charge in [-0.25, -0.2) is 4.98 Å². The second-order valence-electron chi connectivity index (χ2n) is 4.56. The second kappa shape index (κ2) is 6.73. The highest BCUT2D eigenvalue weighted by molar-refractivity contribution is 5.52. The molecule has 2 heterocycles. The van der Waals surface area contributed by atoms with Gasteiger partial charge in [0.05, 0.1) is 11.8 Å². The smallest absolute Gasteiger partial charge is 0.237 e. The zero-order valence-electron chi connectivity index (χ0n) is 11.3. The van der Waals surface area contributed by atoms with E-state index in [4.69, 9.17) is 4.74 Å². The maximum atomic E-state index is 5.66. The van der Waals surface area contributed by atoms with E-state index in [2.05, 4.69) is 21.4 Å². The van der Waals surface area contributed by atoms with Crippen LogP contribution in [0.2, 0.25) is 0 Å². The van der Waals surface area contributed by atoms with Crippen molar-refractivity contribution in [2.24, 2.45) is 0 Å². The SMILES string of the molecule is CC(C)Oc1ncccc1NCCc1cccnc1. The van der Waals surface area contributed by atoms with Crippen molar-refractivity contribution in [1.82, 2.24) is 9.97 Å². The molecule has 0 amide bonds. The standard InChI is InChI=1S/C15H19N3O/c1-12(2)19-15-14(6-4-9-18-15)17-10-7-13-5-3-8-16-11-13/h3-6,8-9,11-12,17H,7,10H2,1-2H3. The average Bonchev–Trinajstić information content (AvgIpc) is 2.41. The number of nitrogens with one attached hydrogen (secondary N) is 1. The third kappa shape index (κ3) is 4.25. The van der Waals surface area contributed by atoms with E-state index in [1.54, 1.807) is 12.4 Å². The molecule has 1 N–H and O–H groups in total. The summed E-state index contributed by atoms with van der Waals surface area (Å²) in [6.45, 7) is 4.81. The summed E-state index contributed by atoms with van der Waals surface area (Å²) in [6, 6.07) is 7.91. The number of ether oxygens (including phenoxy) is 1. The van der Waals surface area contributed by atoms with Crippen LogP contribution in [0.3, 0.4) is 0 Å². The fourth-order valence-electron chi connectivity index (χ4n) is 1.73. The number of pyridine rings is 2. The Morgan fingerprint density at radius 1 is 1.21 bits per heavy atom. The van der Waals surface area contributed by atoms with Crippen molar-refractivity contribution in [2.45, 2.75) is 26.4 Å². The van der Waals surface area contributed by atoms with Crippen LogP contribution in [0, 0.1) is 0 Å². The number of nitrogens with zero attached hydrogens (tertiary/aromatic N) is 2. The Balaban J connectivity index is 1.92. The van der Waals surface area contributed by atoms with E-state index < -0.39 is 0 Å². The van der Waals surface area contributed by atoms with Gasteiger partial charge in [0.25, 0.3) is 0 Å². The van der Waals surface area contributed by atoms with Crippen LogP contribution in [-0.2, 0) is 6.42 Å². The molecule has 0 aliphatic heterocycles. The van der Waals surface area contributed by atoms with Crippen LogP contribution < -0.4 is 10.1 Å². The summed E-state index contributed by atoms with van der Waals surface area (Å²) < 4.78 is 5.66. The first-order valence-corrected chi connectivity index (χ1v) is 6.50. The molecule has 2 aromatic rings. The molecule has 0 aliphatic rings. The van der Waals surface area contributed by atoms with Gasteiger partial charge in [-0.05, 0) is 44.0 Å². The third-order valence-corrected chi connectivity index (χ3v) is 2.57. The van der Waals surface area contributed by atoms with Gasteiger partial charge in [0.1, 0.15) is 0 Å². The summed E-state index contributed by atoms with van der Waals surface area (Å²) in [5.74, 6) is 0.656. The highest BCUT2D eigenvalue weighted by Crippen LogP contribution is 2.21. The fourth-order valence-corrected chi connectivity index (χ4v) is 1.73. The zero-order chi connectivity index (χ0) is 13.5. The molecule has 0 radical (unpaired) electrons. The zero-order valence-corrected chi connectivity index (χ0v) is 11.3. The Morgan fingerprint density at radius 3 is 2.79 bits per heavy atom. The quantitative estimate of drug-likeness (QED) is 0.864. The maximum Gasteiger partial charge on any atom is 0.237 e. The summed E-state index contributed by atoms with van der Waals surface area (Å²) in [4.78, 5) is 8.35. The van der Waals surface area contributed by atoms with E-state index in [0.717, 1.165) is 18.7 Å². The third-order valence-electron chi connectivity index (χ3n) is 2.57. The van der Waals surface area contributed by atoms with Gasteiger partial charge in [0.2, 0.25) is 5.88 Å². The molecule has 2 rings (SSSR count). The molecule has 4 heteroatoms. The van der Waals surface area contributed by atoms with Crippen molar-refractivity contribution in [3.63, 3.8) is 0 Å². The van der Waals surface area contributed by atoms with E-state index in [9.17, 15) is 0 Å². The van der Waals surface area contributed by atoms with Gasteiger partial charge in [-0.15, -0.1) is 0 Å². The molecule has 0 fully saturated rings. The van der Waals surface area contributed by atoms with Crippen molar-refractivity contribution in [2.75, 3.05) is 11.9 Å². The largest absolute Gasteiger partial charge is 0.473 e. The second-order valence-corrected chi connectivity index (χ2v) is 4.56. The molecular formula is C15H19N3O. The Kier molecular flexibility index (Phi) is 4.72. The first-order valence-electron chi connectivity index (χ1n) is 6.50. The van der Waals surface area contributed by atoms with Crippen LogP contribution in [0.1, 0.15) is 19.4 Å². The average molecular weight is 257 g/mol. The highest BCUT2D eigenvalue weighted by atomic mass is 16.5. The molecule has 0 aromatic carbocycles. The summed E-state index contributed by atoms with van der Waals surface area (Å²) in [6.07, 6.45) is 6.45. The van der Waals surface area contributed by atoms with Gasteiger partial charge in [0.15, 0.2) is 0 Å². The Hall–Kier alpha value is -2.10. The molecular weight excluding hydrogens is 238 g/mol. The van der Waals surface area contributed by atoms with Crippen molar-refractivity contribution in [3.05, 3.63) is 48.4 Å². The lowest BCUT2D eigenvalue weighted by Crippen LogP contribution is -2.11. The van der Waals surface area contributed by atoms with Gasteiger partial charge in [-0.1, -0.05) is 6.07 Å². The normalized spacial score (nSPS) is 10.5. The van der Waals surface area contributed by atoms with Crippen LogP contribution in [0.4, 0.5) is 5.69 Å². The molecule has 0 atom stereocenters. The summed E-state index contributed by atoms with van der Waals surface area (Å²) in [7, 11) is 0. The molecule has 0 aliphatic carbocycles. The fraction of sp³-hybridized carbons (Fsp3) is 0.333. The van der Waals surface area contributed by atoms with Gasteiger partial charge in [-0.3, -0.25) is 4.98 Å². The van der Waals surface area contributed by atoms with Crippen LogP contribution in [0.25, 0.3) is 0 Å². The molecule has 0 unspecified atom stereocenters.